The lowest BCUT2D eigenvalue weighted by Crippen LogP contribution is -2.33. The summed E-state index contributed by atoms with van der Waals surface area (Å²) in [5.41, 5.74) is 7.92. The summed E-state index contributed by atoms with van der Waals surface area (Å²) in [7, 11) is 0. The van der Waals surface area contributed by atoms with Gasteiger partial charge in [0.2, 0.25) is 5.95 Å². The Labute approximate surface area is 180 Å². The Hall–Kier alpha value is -1.93. The molecule has 2 aromatic heterocycles. The van der Waals surface area contributed by atoms with Crippen molar-refractivity contribution >= 4 is 22.9 Å². The molecule has 2 saturated carbocycles. The molecule has 0 amide bonds. The van der Waals surface area contributed by atoms with Crippen LogP contribution in [0.25, 0.3) is 11.2 Å². The van der Waals surface area contributed by atoms with Crippen molar-refractivity contribution in [1.29, 1.82) is 0 Å². The Balaban J connectivity index is 1.57. The number of nitrogens with two attached hydrogens (primary N) is 1. The average Bonchev–Trinajstić information content (AvgIpc) is 3.42. The highest BCUT2D eigenvalue weighted by atomic mass is 15.2. The van der Waals surface area contributed by atoms with Crippen LogP contribution in [-0.2, 0) is 0 Å². The standard InChI is InChI=1S/C22H38N8/c1-3-29(4-2)14-13-24-20-19-21(30(15-25-19)18-7-5-6-8-18)28-22(27-20)26-17-11-9-16(23)10-12-17/h15-18H,3-14,23H2,1-2H3,(H2,24,26,27,28). The molecule has 0 unspecified atom stereocenters. The van der Waals surface area contributed by atoms with Crippen molar-refractivity contribution in [3.63, 3.8) is 0 Å². The maximum Gasteiger partial charge on any atom is 0.227 e. The van der Waals surface area contributed by atoms with Crippen molar-refractivity contribution < 1.29 is 0 Å². The van der Waals surface area contributed by atoms with Gasteiger partial charge < -0.3 is 25.8 Å². The molecule has 2 aliphatic rings. The summed E-state index contributed by atoms with van der Waals surface area (Å²) in [6.07, 6.45) is 11.3. The molecule has 0 aliphatic heterocycles. The second kappa shape index (κ2) is 9.92. The Morgan fingerprint density at radius 1 is 1.07 bits per heavy atom. The van der Waals surface area contributed by atoms with E-state index in [0.29, 0.717) is 24.1 Å². The van der Waals surface area contributed by atoms with E-state index in [4.69, 9.17) is 20.7 Å². The van der Waals surface area contributed by atoms with E-state index >= 15 is 0 Å². The molecule has 8 nitrogen and oxygen atoms in total. The Kier molecular flexibility index (Phi) is 7.04. The molecule has 0 aromatic carbocycles. The van der Waals surface area contributed by atoms with E-state index in [1.165, 1.54) is 25.7 Å². The van der Waals surface area contributed by atoms with E-state index in [-0.39, 0.29) is 0 Å². The highest BCUT2D eigenvalue weighted by Crippen LogP contribution is 2.33. The van der Waals surface area contributed by atoms with E-state index in [9.17, 15) is 0 Å². The molecule has 2 heterocycles. The highest BCUT2D eigenvalue weighted by Gasteiger charge is 2.23. The number of nitrogens with zero attached hydrogens (tertiary/aromatic N) is 5. The molecule has 30 heavy (non-hydrogen) atoms. The number of aromatic nitrogens is 4. The zero-order chi connectivity index (χ0) is 20.9. The van der Waals surface area contributed by atoms with Crippen LogP contribution in [0.4, 0.5) is 11.8 Å². The molecule has 8 heteroatoms. The van der Waals surface area contributed by atoms with Gasteiger partial charge in [0.05, 0.1) is 6.33 Å². The number of imidazole rings is 1. The second-order valence-electron chi connectivity index (χ2n) is 8.87. The van der Waals surface area contributed by atoms with Crippen molar-refractivity contribution in [1.82, 2.24) is 24.4 Å². The number of fused-ring (bicyclic) bond motifs is 1. The fourth-order valence-corrected chi connectivity index (χ4v) is 4.87. The number of rotatable bonds is 9. The lowest BCUT2D eigenvalue weighted by atomic mass is 9.92. The normalized spacial score (nSPS) is 22.8. The maximum atomic E-state index is 6.08. The number of likely N-dealkylation sites (N-methyl/N-ethyl adjacent to an activating group) is 1. The molecule has 0 bridgehead atoms. The number of anilines is 2. The van der Waals surface area contributed by atoms with Gasteiger partial charge in [0.1, 0.15) is 0 Å². The van der Waals surface area contributed by atoms with E-state index in [0.717, 1.165) is 68.8 Å². The minimum absolute atomic E-state index is 0.340. The first-order valence-corrected chi connectivity index (χ1v) is 11.9. The van der Waals surface area contributed by atoms with Crippen molar-refractivity contribution in [2.24, 2.45) is 5.73 Å². The van der Waals surface area contributed by atoms with Gasteiger partial charge in [-0.2, -0.15) is 9.97 Å². The van der Waals surface area contributed by atoms with Crippen LogP contribution in [0.15, 0.2) is 6.33 Å². The monoisotopic (exact) mass is 414 g/mol. The van der Waals surface area contributed by atoms with Crippen LogP contribution in [0.3, 0.4) is 0 Å². The first kappa shape index (κ1) is 21.3. The summed E-state index contributed by atoms with van der Waals surface area (Å²) in [4.78, 5) is 16.9. The highest BCUT2D eigenvalue weighted by molar-refractivity contribution is 5.84. The summed E-state index contributed by atoms with van der Waals surface area (Å²) in [6.45, 7) is 8.36. The van der Waals surface area contributed by atoms with Gasteiger partial charge in [-0.05, 0) is 51.6 Å². The van der Waals surface area contributed by atoms with E-state index in [1.807, 2.05) is 6.33 Å². The van der Waals surface area contributed by atoms with Crippen molar-refractivity contribution in [3.05, 3.63) is 6.33 Å². The zero-order valence-electron chi connectivity index (χ0n) is 18.6. The minimum atomic E-state index is 0.340. The molecule has 0 atom stereocenters. The minimum Gasteiger partial charge on any atom is -0.367 e. The molecule has 2 fully saturated rings. The van der Waals surface area contributed by atoms with Crippen LogP contribution < -0.4 is 16.4 Å². The fraction of sp³-hybridized carbons (Fsp3) is 0.773. The molecule has 2 aliphatic carbocycles. The second-order valence-corrected chi connectivity index (χ2v) is 8.87. The fourth-order valence-electron chi connectivity index (χ4n) is 4.87. The molecule has 4 N–H and O–H groups in total. The molecule has 0 spiro atoms. The van der Waals surface area contributed by atoms with Crippen molar-refractivity contribution in [2.75, 3.05) is 36.8 Å². The Morgan fingerprint density at radius 2 is 1.80 bits per heavy atom. The van der Waals surface area contributed by atoms with E-state index < -0.39 is 0 Å². The van der Waals surface area contributed by atoms with Crippen LogP contribution in [-0.4, -0.2) is 62.7 Å². The van der Waals surface area contributed by atoms with Crippen molar-refractivity contribution in [2.45, 2.75) is 83.3 Å². The third-order valence-corrected chi connectivity index (χ3v) is 6.86. The summed E-state index contributed by atoms with van der Waals surface area (Å²) in [5.74, 6) is 1.56. The van der Waals surface area contributed by atoms with Crippen LogP contribution in [0.2, 0.25) is 0 Å². The summed E-state index contributed by atoms with van der Waals surface area (Å²) >= 11 is 0. The van der Waals surface area contributed by atoms with Crippen LogP contribution in [0.5, 0.6) is 0 Å². The third-order valence-electron chi connectivity index (χ3n) is 6.86. The topological polar surface area (TPSA) is 96.9 Å². The number of nitrogens with one attached hydrogen (secondary N) is 2. The quantitative estimate of drug-likeness (QED) is 0.579. The van der Waals surface area contributed by atoms with Gasteiger partial charge in [-0.15, -0.1) is 0 Å². The zero-order valence-corrected chi connectivity index (χ0v) is 18.6. The molecular weight excluding hydrogens is 376 g/mol. The number of hydrogen-bond donors (Lipinski definition) is 3. The lowest BCUT2D eigenvalue weighted by Gasteiger charge is -2.27. The van der Waals surface area contributed by atoms with Crippen LogP contribution in [0, 0.1) is 0 Å². The molecule has 166 valence electrons. The van der Waals surface area contributed by atoms with Gasteiger partial charge in [0.15, 0.2) is 17.0 Å². The molecule has 0 radical (unpaired) electrons. The van der Waals surface area contributed by atoms with Gasteiger partial charge in [0, 0.05) is 31.2 Å². The Bertz CT molecular complexity index is 801. The van der Waals surface area contributed by atoms with Gasteiger partial charge in [-0.25, -0.2) is 4.98 Å². The Morgan fingerprint density at radius 3 is 2.50 bits per heavy atom. The largest absolute Gasteiger partial charge is 0.367 e. The lowest BCUT2D eigenvalue weighted by molar-refractivity contribution is 0.316. The third kappa shape index (κ3) is 4.86. The summed E-state index contributed by atoms with van der Waals surface area (Å²) < 4.78 is 2.28. The molecule has 4 rings (SSSR count). The van der Waals surface area contributed by atoms with Gasteiger partial charge in [0.25, 0.3) is 0 Å². The predicted molar refractivity (Wildman–Crippen MR) is 123 cm³/mol. The maximum absolute atomic E-state index is 6.08. The first-order chi connectivity index (χ1) is 14.7. The van der Waals surface area contributed by atoms with Crippen LogP contribution in [0.1, 0.15) is 71.3 Å². The number of hydrogen-bond acceptors (Lipinski definition) is 7. The predicted octanol–water partition coefficient (Wildman–Crippen LogP) is 3.38. The molecule has 0 saturated heterocycles. The van der Waals surface area contributed by atoms with E-state index in [2.05, 4.69) is 33.9 Å². The van der Waals surface area contributed by atoms with Gasteiger partial charge in [-0.3, -0.25) is 0 Å². The molecule has 2 aromatic rings. The van der Waals surface area contributed by atoms with E-state index in [1.54, 1.807) is 0 Å². The smallest absolute Gasteiger partial charge is 0.227 e. The SMILES string of the molecule is CCN(CC)CCNc1nc(NC2CCC(N)CC2)nc2c1ncn2C1CCCC1. The summed E-state index contributed by atoms with van der Waals surface area (Å²) in [6, 6.07) is 1.25. The average molecular weight is 415 g/mol. The van der Waals surface area contributed by atoms with Gasteiger partial charge >= 0.3 is 0 Å². The van der Waals surface area contributed by atoms with Gasteiger partial charge in [-0.1, -0.05) is 26.7 Å². The first-order valence-electron chi connectivity index (χ1n) is 11.9. The summed E-state index contributed by atoms with van der Waals surface area (Å²) in [5, 5.41) is 7.14. The van der Waals surface area contributed by atoms with Crippen molar-refractivity contribution in [3.8, 4) is 0 Å². The van der Waals surface area contributed by atoms with Crippen LogP contribution >= 0.6 is 0 Å². The molecular formula is C22H38N8.